The Morgan fingerprint density at radius 1 is 1.25 bits per heavy atom. The fourth-order valence-corrected chi connectivity index (χ4v) is 3.98. The first-order valence-corrected chi connectivity index (χ1v) is 7.72. The van der Waals surface area contributed by atoms with Gasteiger partial charge in [-0.1, -0.05) is 19.3 Å². The number of hydrogen-bond donors (Lipinski definition) is 1. The smallest absolute Gasteiger partial charge is 0.213 e. The van der Waals surface area contributed by atoms with Crippen LogP contribution in [0.25, 0.3) is 0 Å². The molecule has 2 atom stereocenters. The van der Waals surface area contributed by atoms with Crippen molar-refractivity contribution in [2.45, 2.75) is 19.3 Å². The van der Waals surface area contributed by atoms with E-state index < -0.39 is 10.0 Å². The minimum Gasteiger partial charge on any atom is -0.316 e. The van der Waals surface area contributed by atoms with Crippen LogP contribution < -0.4 is 5.32 Å². The van der Waals surface area contributed by atoms with Crippen LogP contribution in [0.4, 0.5) is 0 Å². The fraction of sp³-hybridized carbons (Fsp3) is 1.00. The van der Waals surface area contributed by atoms with Crippen LogP contribution in [0.2, 0.25) is 0 Å². The van der Waals surface area contributed by atoms with E-state index in [1.54, 1.807) is 14.1 Å². The maximum absolute atomic E-state index is 11.9. The van der Waals surface area contributed by atoms with Crippen LogP contribution in [-0.4, -0.2) is 45.7 Å². The molecule has 1 aliphatic carbocycles. The summed E-state index contributed by atoms with van der Waals surface area (Å²) in [7, 11) is 0.203. The van der Waals surface area contributed by atoms with Crippen LogP contribution in [0.15, 0.2) is 0 Å². The van der Waals surface area contributed by atoms with Crippen LogP contribution >= 0.6 is 0 Å². The molecule has 2 aliphatic rings. The van der Waals surface area contributed by atoms with Crippen molar-refractivity contribution in [2.24, 2.45) is 17.8 Å². The lowest BCUT2D eigenvalue weighted by Gasteiger charge is -2.34. The summed E-state index contributed by atoms with van der Waals surface area (Å²) in [4.78, 5) is 0. The molecule has 0 aromatic heterocycles. The van der Waals surface area contributed by atoms with Crippen LogP contribution in [0.5, 0.6) is 0 Å². The molecule has 0 aromatic rings. The molecule has 4 nitrogen and oxygen atoms in total. The highest BCUT2D eigenvalue weighted by Gasteiger charge is 2.38. The van der Waals surface area contributed by atoms with Crippen molar-refractivity contribution in [3.05, 3.63) is 0 Å². The van der Waals surface area contributed by atoms with Gasteiger partial charge in [0, 0.05) is 14.1 Å². The summed E-state index contributed by atoms with van der Waals surface area (Å²) < 4.78 is 25.1. The maximum Gasteiger partial charge on any atom is 0.213 e. The van der Waals surface area contributed by atoms with E-state index in [2.05, 4.69) is 5.32 Å². The molecule has 0 radical (unpaired) electrons. The largest absolute Gasteiger partial charge is 0.316 e. The lowest BCUT2D eigenvalue weighted by atomic mass is 9.72. The number of nitrogens with zero attached hydrogens (tertiary/aromatic N) is 1. The van der Waals surface area contributed by atoms with Gasteiger partial charge in [-0.05, 0) is 30.8 Å². The van der Waals surface area contributed by atoms with E-state index in [0.717, 1.165) is 19.0 Å². The predicted octanol–water partition coefficient (Wildman–Crippen LogP) is 0.513. The lowest BCUT2D eigenvalue weighted by Crippen LogP contribution is -2.35. The number of sulfonamides is 1. The third-order valence-corrected chi connectivity index (χ3v) is 6.09. The zero-order valence-corrected chi connectivity index (χ0v) is 11.0. The average Bonchev–Trinajstić information content (AvgIpc) is 2.49. The van der Waals surface area contributed by atoms with Gasteiger partial charge in [-0.15, -0.1) is 0 Å². The third kappa shape index (κ3) is 2.41. The van der Waals surface area contributed by atoms with E-state index >= 15 is 0 Å². The average molecular weight is 246 g/mol. The molecule has 1 heterocycles. The first-order valence-electron chi connectivity index (χ1n) is 6.11. The fourth-order valence-electron chi connectivity index (χ4n) is 2.78. The Morgan fingerprint density at radius 3 is 2.44 bits per heavy atom. The molecule has 1 N–H and O–H groups in total. The highest BCUT2D eigenvalue weighted by atomic mass is 32.2. The summed E-state index contributed by atoms with van der Waals surface area (Å²) in [6.45, 7) is 1.88. The van der Waals surface area contributed by atoms with Gasteiger partial charge < -0.3 is 5.32 Å². The molecular formula is C11H22N2O2S. The van der Waals surface area contributed by atoms with E-state index in [1.807, 2.05) is 0 Å². The van der Waals surface area contributed by atoms with Gasteiger partial charge in [0.1, 0.15) is 0 Å². The first-order chi connectivity index (χ1) is 7.50. The topological polar surface area (TPSA) is 49.4 Å². The lowest BCUT2D eigenvalue weighted by molar-refractivity contribution is 0.187. The van der Waals surface area contributed by atoms with E-state index in [1.165, 1.54) is 23.6 Å². The Kier molecular flexibility index (Phi) is 3.56. The standard InChI is InChI=1S/C11H22N2O2S/c1-13(2)16(14,15)8-10-6-12-7-11(10)9-4-3-5-9/h9-12H,3-8H2,1-2H3. The van der Waals surface area contributed by atoms with Crippen molar-refractivity contribution in [3.8, 4) is 0 Å². The van der Waals surface area contributed by atoms with Gasteiger partial charge in [0.2, 0.25) is 10.0 Å². The SMILES string of the molecule is CN(C)S(=O)(=O)CC1CNCC1C1CCC1. The molecule has 94 valence electrons. The monoisotopic (exact) mass is 246 g/mol. The van der Waals surface area contributed by atoms with E-state index in [9.17, 15) is 8.42 Å². The molecule has 1 saturated heterocycles. The maximum atomic E-state index is 11.9. The molecule has 0 amide bonds. The van der Waals surface area contributed by atoms with Gasteiger partial charge in [-0.25, -0.2) is 12.7 Å². The normalized spacial score (nSPS) is 31.9. The molecule has 0 spiro atoms. The second-order valence-corrected chi connectivity index (χ2v) is 7.56. The first kappa shape index (κ1) is 12.3. The summed E-state index contributed by atoms with van der Waals surface area (Å²) in [5.41, 5.74) is 0. The second kappa shape index (κ2) is 4.63. The highest BCUT2D eigenvalue weighted by Crippen LogP contribution is 2.39. The van der Waals surface area contributed by atoms with Gasteiger partial charge in [0.05, 0.1) is 5.75 Å². The predicted molar refractivity (Wildman–Crippen MR) is 64.7 cm³/mol. The van der Waals surface area contributed by atoms with E-state index in [4.69, 9.17) is 0 Å². The van der Waals surface area contributed by atoms with Crippen LogP contribution in [0.1, 0.15) is 19.3 Å². The van der Waals surface area contributed by atoms with Gasteiger partial charge >= 0.3 is 0 Å². The second-order valence-electron chi connectivity index (χ2n) is 5.33. The van der Waals surface area contributed by atoms with E-state index in [-0.39, 0.29) is 0 Å². The summed E-state index contributed by atoms with van der Waals surface area (Å²) in [6, 6.07) is 0. The van der Waals surface area contributed by atoms with E-state index in [0.29, 0.717) is 17.6 Å². The van der Waals surface area contributed by atoms with Gasteiger partial charge in [0.15, 0.2) is 0 Å². The summed E-state index contributed by atoms with van der Waals surface area (Å²) >= 11 is 0. The highest BCUT2D eigenvalue weighted by molar-refractivity contribution is 7.89. The van der Waals surface area contributed by atoms with Crippen molar-refractivity contribution in [1.29, 1.82) is 0 Å². The number of nitrogens with one attached hydrogen (secondary N) is 1. The van der Waals surface area contributed by atoms with Gasteiger partial charge in [-0.2, -0.15) is 0 Å². The van der Waals surface area contributed by atoms with Crippen molar-refractivity contribution >= 4 is 10.0 Å². The van der Waals surface area contributed by atoms with Crippen molar-refractivity contribution in [1.82, 2.24) is 9.62 Å². The molecular weight excluding hydrogens is 224 g/mol. The molecule has 2 rings (SSSR count). The Bertz CT molecular complexity index is 336. The quantitative estimate of drug-likeness (QED) is 0.786. The molecule has 1 saturated carbocycles. The molecule has 2 unspecified atom stereocenters. The molecule has 5 heteroatoms. The zero-order valence-electron chi connectivity index (χ0n) is 10.1. The van der Waals surface area contributed by atoms with Gasteiger partial charge in [-0.3, -0.25) is 0 Å². The molecule has 1 aliphatic heterocycles. The summed E-state index contributed by atoms with van der Waals surface area (Å²) in [5, 5.41) is 3.35. The molecule has 0 aromatic carbocycles. The Balaban J connectivity index is 1.98. The van der Waals surface area contributed by atoms with Crippen LogP contribution in [-0.2, 0) is 10.0 Å². The van der Waals surface area contributed by atoms with Crippen LogP contribution in [0.3, 0.4) is 0 Å². The minimum absolute atomic E-state index is 0.314. The summed E-state index contributed by atoms with van der Waals surface area (Å²) in [6.07, 6.45) is 3.92. The van der Waals surface area contributed by atoms with Crippen LogP contribution in [0, 0.1) is 17.8 Å². The van der Waals surface area contributed by atoms with Crippen molar-refractivity contribution in [3.63, 3.8) is 0 Å². The summed E-state index contributed by atoms with van der Waals surface area (Å²) in [5.74, 6) is 1.99. The third-order valence-electron chi connectivity index (χ3n) is 4.13. The Labute approximate surface area is 98.4 Å². The molecule has 2 fully saturated rings. The number of hydrogen-bond acceptors (Lipinski definition) is 3. The van der Waals surface area contributed by atoms with Gasteiger partial charge in [0.25, 0.3) is 0 Å². The molecule has 16 heavy (non-hydrogen) atoms. The molecule has 0 bridgehead atoms. The Hall–Kier alpha value is -0.130. The Morgan fingerprint density at radius 2 is 1.94 bits per heavy atom. The van der Waals surface area contributed by atoms with Crippen molar-refractivity contribution in [2.75, 3.05) is 32.9 Å². The number of rotatable bonds is 4. The van der Waals surface area contributed by atoms with Crippen molar-refractivity contribution < 1.29 is 8.42 Å². The zero-order chi connectivity index (χ0) is 11.8. The minimum atomic E-state index is -3.04.